The minimum absolute atomic E-state index is 0.0329. The van der Waals surface area contributed by atoms with Gasteiger partial charge >= 0.3 is 5.97 Å². The van der Waals surface area contributed by atoms with Crippen molar-refractivity contribution in [2.45, 2.75) is 156 Å². The molecule has 4 aliphatic rings. The van der Waals surface area contributed by atoms with E-state index in [1.807, 2.05) is 6.92 Å². The van der Waals surface area contributed by atoms with E-state index in [0.29, 0.717) is 5.41 Å². The first kappa shape index (κ1) is 33.5. The predicted octanol–water partition coefficient (Wildman–Crippen LogP) is 7.64. The first-order valence-electron chi connectivity index (χ1n) is 18.0. The third-order valence-corrected chi connectivity index (χ3v) is 12.7. The fraction of sp³-hybridized carbons (Fsp3) is 0.892. The van der Waals surface area contributed by atoms with Crippen molar-refractivity contribution in [1.29, 1.82) is 0 Å². The van der Waals surface area contributed by atoms with Crippen molar-refractivity contribution in [3.63, 3.8) is 0 Å². The highest BCUT2D eigenvalue weighted by Gasteiger charge is 2.59. The number of hydrogen-bond donors (Lipinski definition) is 2. The Balaban J connectivity index is 1.28. The van der Waals surface area contributed by atoms with Gasteiger partial charge in [-0.15, -0.1) is 0 Å². The summed E-state index contributed by atoms with van der Waals surface area (Å²) >= 11 is 0. The van der Waals surface area contributed by atoms with Gasteiger partial charge in [-0.05, 0) is 117 Å². The van der Waals surface area contributed by atoms with E-state index in [2.05, 4.69) is 51.7 Å². The van der Waals surface area contributed by atoms with Crippen LogP contribution in [0.1, 0.15) is 144 Å². The van der Waals surface area contributed by atoms with Crippen LogP contribution in [0.25, 0.3) is 0 Å². The van der Waals surface area contributed by atoms with Crippen LogP contribution in [0.2, 0.25) is 0 Å². The van der Waals surface area contributed by atoms with Crippen molar-refractivity contribution >= 4 is 11.9 Å². The lowest BCUT2D eigenvalue weighted by atomic mass is 9.47. The number of quaternary nitrogens is 1. The van der Waals surface area contributed by atoms with Crippen molar-refractivity contribution in [2.24, 2.45) is 46.3 Å². The molecule has 5 unspecified atom stereocenters. The fourth-order valence-electron chi connectivity index (χ4n) is 10.3. The lowest BCUT2D eigenvalue weighted by molar-refractivity contribution is -0.368. The van der Waals surface area contributed by atoms with Crippen LogP contribution in [0.15, 0.2) is 11.6 Å². The van der Waals surface area contributed by atoms with Gasteiger partial charge in [0.2, 0.25) is 5.91 Å². The molecule has 0 radical (unpaired) electrons. The molecule has 0 bridgehead atoms. The van der Waals surface area contributed by atoms with Gasteiger partial charge in [0.1, 0.15) is 6.10 Å². The van der Waals surface area contributed by atoms with Crippen LogP contribution < -0.4 is 11.1 Å². The van der Waals surface area contributed by atoms with Gasteiger partial charge < -0.3 is 15.8 Å². The maximum Gasteiger partial charge on any atom is 0.306 e. The molecule has 5 heteroatoms. The molecule has 1 amide bonds. The largest absolute Gasteiger partial charge is 0.462 e. The summed E-state index contributed by atoms with van der Waals surface area (Å²) in [6.45, 7) is 15.5. The predicted molar refractivity (Wildman–Crippen MR) is 171 cm³/mol. The zero-order valence-electron chi connectivity index (χ0n) is 28.1. The summed E-state index contributed by atoms with van der Waals surface area (Å²) in [7, 11) is 0. The number of fused-ring (bicyclic) bond motifs is 5. The molecule has 0 aromatic rings. The Morgan fingerprint density at radius 2 is 1.74 bits per heavy atom. The van der Waals surface area contributed by atoms with E-state index < -0.39 is 0 Å². The molecule has 0 aromatic carbocycles. The Kier molecular flexibility index (Phi) is 11.7. The third kappa shape index (κ3) is 7.64. The van der Waals surface area contributed by atoms with Gasteiger partial charge in [0, 0.05) is 18.9 Å². The minimum Gasteiger partial charge on any atom is -0.462 e. The standard InChI is InChI=1S/C37H64N2O3/c1-25(2)10-9-11-26(3)31-15-16-32-30-14-13-28-24-29(19-21-36(28,5)33(30)20-22-37(31,32)6)42-35(41)18-17-34(40)39-27(4)12-7-8-23-38/h13,25-27,29-33H,7-12,14-24,38H2,1-6H3,(H,39,40)/p+1/t26?,27?,29-,30?,31+,32-,33-,36?,37?/m0/s1. The van der Waals surface area contributed by atoms with Crippen molar-refractivity contribution in [3.05, 3.63) is 11.6 Å². The SMILES string of the molecule is CC(C)CCCC(C)[C@H]1CC[C@H]2C3CC=C4C[C@@H](OC(=O)CCC(=O)NC(C)CCCC[NH3+])CCC4(C)[C@H]3CCC12C. The van der Waals surface area contributed by atoms with Crippen molar-refractivity contribution in [3.8, 4) is 0 Å². The summed E-state index contributed by atoms with van der Waals surface area (Å²) in [5.74, 6) is 4.78. The molecule has 9 atom stereocenters. The van der Waals surface area contributed by atoms with E-state index >= 15 is 0 Å². The first-order chi connectivity index (χ1) is 20.0. The fourth-order valence-corrected chi connectivity index (χ4v) is 10.3. The molecule has 0 heterocycles. The summed E-state index contributed by atoms with van der Waals surface area (Å²) in [5.41, 5.74) is 6.21. The molecule has 42 heavy (non-hydrogen) atoms. The average Bonchev–Trinajstić information content (AvgIpc) is 3.29. The molecule has 4 N–H and O–H groups in total. The van der Waals surface area contributed by atoms with Crippen molar-refractivity contribution < 1.29 is 20.1 Å². The van der Waals surface area contributed by atoms with Gasteiger partial charge in [-0.1, -0.05) is 65.5 Å². The Bertz CT molecular complexity index is 945. The van der Waals surface area contributed by atoms with E-state index in [9.17, 15) is 9.59 Å². The molecular weight excluding hydrogens is 520 g/mol. The van der Waals surface area contributed by atoms with Gasteiger partial charge in [0.05, 0.1) is 13.0 Å². The van der Waals surface area contributed by atoms with Crippen LogP contribution >= 0.6 is 0 Å². The average molecular weight is 586 g/mol. The number of carbonyl (C=O) groups is 2. The number of esters is 1. The number of nitrogens with one attached hydrogen (secondary N) is 1. The van der Waals surface area contributed by atoms with Gasteiger partial charge in [0.25, 0.3) is 0 Å². The van der Waals surface area contributed by atoms with E-state index in [1.165, 1.54) is 51.4 Å². The van der Waals surface area contributed by atoms with Crippen LogP contribution in [0, 0.1) is 46.3 Å². The lowest BCUT2D eigenvalue weighted by Gasteiger charge is -2.58. The third-order valence-electron chi connectivity index (χ3n) is 12.7. The van der Waals surface area contributed by atoms with Gasteiger partial charge in [0.15, 0.2) is 0 Å². The molecule has 0 aromatic heterocycles. The number of amides is 1. The van der Waals surface area contributed by atoms with Gasteiger partial charge in [-0.2, -0.15) is 0 Å². The molecule has 0 spiro atoms. The van der Waals surface area contributed by atoms with Crippen LogP contribution in [0.4, 0.5) is 0 Å². The molecule has 4 rings (SSSR count). The maximum atomic E-state index is 12.7. The van der Waals surface area contributed by atoms with Crippen LogP contribution in [-0.4, -0.2) is 30.6 Å². The first-order valence-corrected chi connectivity index (χ1v) is 18.0. The second kappa shape index (κ2) is 14.6. The van der Waals surface area contributed by atoms with Crippen molar-refractivity contribution in [1.82, 2.24) is 5.32 Å². The summed E-state index contributed by atoms with van der Waals surface area (Å²) in [6.07, 6.45) is 20.0. The van der Waals surface area contributed by atoms with E-state index in [-0.39, 0.29) is 42.3 Å². The number of carbonyl (C=O) groups excluding carboxylic acids is 2. The summed E-state index contributed by atoms with van der Waals surface area (Å²) in [6, 6.07) is 0.143. The van der Waals surface area contributed by atoms with Crippen LogP contribution in [0.5, 0.6) is 0 Å². The topological polar surface area (TPSA) is 83.0 Å². The van der Waals surface area contributed by atoms with E-state index in [4.69, 9.17) is 4.74 Å². The second-order valence-corrected chi connectivity index (χ2v) is 16.0. The number of allylic oxidation sites excluding steroid dienone is 1. The molecule has 3 fully saturated rings. The van der Waals surface area contributed by atoms with E-state index in [0.717, 1.165) is 80.6 Å². The summed E-state index contributed by atoms with van der Waals surface area (Å²) < 4.78 is 5.96. The highest BCUT2D eigenvalue weighted by atomic mass is 16.5. The minimum atomic E-state index is -0.217. The zero-order valence-corrected chi connectivity index (χ0v) is 28.1. The van der Waals surface area contributed by atoms with Crippen LogP contribution in [0.3, 0.4) is 0 Å². The number of rotatable bonds is 14. The smallest absolute Gasteiger partial charge is 0.306 e. The molecule has 240 valence electrons. The van der Waals surface area contributed by atoms with Crippen LogP contribution in [-0.2, 0) is 14.3 Å². The van der Waals surface area contributed by atoms with Gasteiger partial charge in [-0.25, -0.2) is 0 Å². The molecule has 4 aliphatic carbocycles. The maximum absolute atomic E-state index is 12.7. The monoisotopic (exact) mass is 585 g/mol. The second-order valence-electron chi connectivity index (χ2n) is 16.0. The zero-order chi connectivity index (χ0) is 30.5. The lowest BCUT2D eigenvalue weighted by Crippen LogP contribution is -2.51. The Hall–Kier alpha value is -1.36. The quantitative estimate of drug-likeness (QED) is 0.125. The molecule has 5 nitrogen and oxygen atoms in total. The Morgan fingerprint density at radius 3 is 2.48 bits per heavy atom. The summed E-state index contributed by atoms with van der Waals surface area (Å²) in [4.78, 5) is 25.0. The van der Waals surface area contributed by atoms with Gasteiger partial charge in [-0.3, -0.25) is 9.59 Å². The van der Waals surface area contributed by atoms with E-state index in [1.54, 1.807) is 5.57 Å². The number of unbranched alkanes of at least 4 members (excludes halogenated alkanes) is 1. The Labute approximate surface area is 257 Å². The normalized spacial score (nSPS) is 35.4. The number of ether oxygens (including phenoxy) is 1. The molecule has 0 aliphatic heterocycles. The Morgan fingerprint density at radius 1 is 0.952 bits per heavy atom. The highest BCUT2D eigenvalue weighted by molar-refractivity contribution is 5.81. The molecule has 3 saturated carbocycles. The van der Waals surface area contributed by atoms with Crippen molar-refractivity contribution in [2.75, 3.05) is 6.54 Å². The molecular formula is C37H65N2O3+. The highest BCUT2D eigenvalue weighted by Crippen LogP contribution is 2.67. The number of hydrogen-bond acceptors (Lipinski definition) is 3. The molecule has 0 saturated heterocycles. The summed E-state index contributed by atoms with van der Waals surface area (Å²) in [5, 5.41) is 3.03.